The predicted molar refractivity (Wildman–Crippen MR) is 83.8 cm³/mol. The molecular formula is C16H26N2O3. The average molecular weight is 294 g/mol. The van der Waals surface area contributed by atoms with Crippen molar-refractivity contribution < 1.29 is 14.3 Å². The van der Waals surface area contributed by atoms with Gasteiger partial charge in [-0.1, -0.05) is 19.9 Å². The lowest BCUT2D eigenvalue weighted by molar-refractivity contribution is -0.120. The van der Waals surface area contributed by atoms with Crippen molar-refractivity contribution in [1.29, 1.82) is 0 Å². The highest BCUT2D eigenvalue weighted by atomic mass is 16.5. The van der Waals surface area contributed by atoms with Crippen LogP contribution in [0.2, 0.25) is 0 Å². The topological polar surface area (TPSA) is 59.6 Å². The van der Waals surface area contributed by atoms with Crippen LogP contribution in [0.25, 0.3) is 0 Å². The zero-order valence-electron chi connectivity index (χ0n) is 13.5. The Labute approximate surface area is 127 Å². The Morgan fingerprint density at radius 2 is 1.81 bits per heavy atom. The molecular weight excluding hydrogens is 268 g/mol. The van der Waals surface area contributed by atoms with Gasteiger partial charge >= 0.3 is 0 Å². The smallest absolute Gasteiger partial charge is 0.233 e. The molecule has 1 unspecified atom stereocenters. The number of hydrogen-bond acceptors (Lipinski definition) is 4. The molecule has 1 aromatic carbocycles. The summed E-state index contributed by atoms with van der Waals surface area (Å²) >= 11 is 0. The van der Waals surface area contributed by atoms with Gasteiger partial charge in [0.05, 0.1) is 20.8 Å². The molecule has 1 atom stereocenters. The number of carbonyl (C=O) groups excluding carboxylic acids is 1. The first-order valence-corrected chi connectivity index (χ1v) is 7.20. The molecule has 2 N–H and O–H groups in total. The van der Waals surface area contributed by atoms with Crippen molar-refractivity contribution in [1.82, 2.24) is 10.6 Å². The third-order valence-electron chi connectivity index (χ3n) is 3.18. The lowest BCUT2D eigenvalue weighted by atomic mass is 10.1. The van der Waals surface area contributed by atoms with Crippen LogP contribution in [-0.4, -0.2) is 33.2 Å². The van der Waals surface area contributed by atoms with Gasteiger partial charge in [-0.2, -0.15) is 0 Å². The Balaban J connectivity index is 2.55. The Kier molecular flexibility index (Phi) is 7.02. The normalized spacial score (nSPS) is 12.1. The molecule has 0 aliphatic heterocycles. The fourth-order valence-electron chi connectivity index (χ4n) is 1.87. The molecule has 0 spiro atoms. The zero-order valence-corrected chi connectivity index (χ0v) is 13.5. The van der Waals surface area contributed by atoms with Crippen LogP contribution in [-0.2, 0) is 4.79 Å². The van der Waals surface area contributed by atoms with E-state index in [2.05, 4.69) is 24.5 Å². The fourth-order valence-corrected chi connectivity index (χ4v) is 1.87. The SMILES string of the molecule is COc1ccc(C(C)NCC(=O)NCC(C)C)cc1OC. The number of carbonyl (C=O) groups is 1. The summed E-state index contributed by atoms with van der Waals surface area (Å²) in [5.74, 6) is 1.85. The quantitative estimate of drug-likeness (QED) is 0.771. The van der Waals surface area contributed by atoms with E-state index in [4.69, 9.17) is 9.47 Å². The molecule has 0 bridgehead atoms. The minimum atomic E-state index is 0.0102. The van der Waals surface area contributed by atoms with Gasteiger partial charge in [0, 0.05) is 12.6 Å². The number of benzene rings is 1. The van der Waals surface area contributed by atoms with Gasteiger partial charge in [-0.3, -0.25) is 4.79 Å². The van der Waals surface area contributed by atoms with Gasteiger partial charge in [-0.25, -0.2) is 0 Å². The van der Waals surface area contributed by atoms with Crippen molar-refractivity contribution in [2.24, 2.45) is 5.92 Å². The Morgan fingerprint density at radius 1 is 1.14 bits per heavy atom. The minimum absolute atomic E-state index is 0.0102. The molecule has 0 fully saturated rings. The number of rotatable bonds is 8. The minimum Gasteiger partial charge on any atom is -0.493 e. The largest absolute Gasteiger partial charge is 0.493 e. The van der Waals surface area contributed by atoms with Crippen molar-refractivity contribution in [3.63, 3.8) is 0 Å². The number of nitrogens with one attached hydrogen (secondary N) is 2. The first kappa shape index (κ1) is 17.3. The van der Waals surface area contributed by atoms with E-state index in [0.717, 1.165) is 5.56 Å². The van der Waals surface area contributed by atoms with Crippen LogP contribution in [0.15, 0.2) is 18.2 Å². The number of hydrogen-bond donors (Lipinski definition) is 2. The first-order chi connectivity index (χ1) is 9.97. The fraction of sp³-hybridized carbons (Fsp3) is 0.562. The Bertz CT molecular complexity index is 461. The van der Waals surface area contributed by atoms with E-state index < -0.39 is 0 Å². The van der Waals surface area contributed by atoms with Gasteiger partial charge in [0.2, 0.25) is 5.91 Å². The second kappa shape index (κ2) is 8.52. The molecule has 118 valence electrons. The van der Waals surface area contributed by atoms with E-state index in [-0.39, 0.29) is 11.9 Å². The summed E-state index contributed by atoms with van der Waals surface area (Å²) in [7, 11) is 3.22. The molecule has 0 aromatic heterocycles. The van der Waals surface area contributed by atoms with Gasteiger partial charge in [0.15, 0.2) is 11.5 Å². The molecule has 5 heteroatoms. The summed E-state index contributed by atoms with van der Waals surface area (Å²) in [5.41, 5.74) is 1.05. The summed E-state index contributed by atoms with van der Waals surface area (Å²) in [6.45, 7) is 7.14. The third-order valence-corrected chi connectivity index (χ3v) is 3.18. The van der Waals surface area contributed by atoms with Crippen molar-refractivity contribution in [3.05, 3.63) is 23.8 Å². The van der Waals surface area contributed by atoms with Crippen molar-refractivity contribution >= 4 is 5.91 Å². The molecule has 1 amide bonds. The van der Waals surface area contributed by atoms with Crippen LogP contribution in [0.4, 0.5) is 0 Å². The van der Waals surface area contributed by atoms with Crippen molar-refractivity contribution in [3.8, 4) is 11.5 Å². The van der Waals surface area contributed by atoms with Gasteiger partial charge < -0.3 is 20.1 Å². The van der Waals surface area contributed by atoms with Gasteiger partial charge in [0.1, 0.15) is 0 Å². The summed E-state index contributed by atoms with van der Waals surface area (Å²) in [6.07, 6.45) is 0. The highest BCUT2D eigenvalue weighted by molar-refractivity contribution is 5.78. The second-order valence-electron chi connectivity index (χ2n) is 5.41. The molecule has 0 aliphatic rings. The van der Waals surface area contributed by atoms with Crippen LogP contribution >= 0.6 is 0 Å². The summed E-state index contributed by atoms with van der Waals surface area (Å²) in [6, 6.07) is 5.80. The van der Waals surface area contributed by atoms with E-state index in [1.165, 1.54) is 0 Å². The molecule has 1 aromatic rings. The second-order valence-corrected chi connectivity index (χ2v) is 5.41. The molecule has 21 heavy (non-hydrogen) atoms. The highest BCUT2D eigenvalue weighted by Gasteiger charge is 2.11. The van der Waals surface area contributed by atoms with Crippen LogP contribution in [0.5, 0.6) is 11.5 Å². The maximum absolute atomic E-state index is 11.7. The standard InChI is InChI=1S/C16H26N2O3/c1-11(2)9-18-16(19)10-17-12(3)13-6-7-14(20-4)15(8-13)21-5/h6-8,11-12,17H,9-10H2,1-5H3,(H,18,19). The number of amides is 1. The molecule has 0 heterocycles. The summed E-state index contributed by atoms with van der Waals surface area (Å²) < 4.78 is 10.5. The summed E-state index contributed by atoms with van der Waals surface area (Å²) in [5, 5.41) is 6.09. The average Bonchev–Trinajstić information content (AvgIpc) is 2.49. The number of methoxy groups -OCH3 is 2. The third kappa shape index (κ3) is 5.63. The van der Waals surface area contributed by atoms with E-state index in [1.807, 2.05) is 25.1 Å². The van der Waals surface area contributed by atoms with E-state index in [1.54, 1.807) is 14.2 Å². The lowest BCUT2D eigenvalue weighted by Crippen LogP contribution is -2.36. The van der Waals surface area contributed by atoms with Gasteiger partial charge in [-0.15, -0.1) is 0 Å². The van der Waals surface area contributed by atoms with Gasteiger partial charge in [-0.05, 0) is 30.5 Å². The maximum Gasteiger partial charge on any atom is 0.233 e. The first-order valence-electron chi connectivity index (χ1n) is 7.20. The maximum atomic E-state index is 11.7. The van der Waals surface area contributed by atoms with Crippen molar-refractivity contribution in [2.75, 3.05) is 27.3 Å². The van der Waals surface area contributed by atoms with Crippen LogP contribution in [0.1, 0.15) is 32.4 Å². The molecule has 1 rings (SSSR count). The van der Waals surface area contributed by atoms with Gasteiger partial charge in [0.25, 0.3) is 0 Å². The number of ether oxygens (including phenoxy) is 2. The van der Waals surface area contributed by atoms with Crippen molar-refractivity contribution in [2.45, 2.75) is 26.8 Å². The Hall–Kier alpha value is -1.75. The van der Waals surface area contributed by atoms with E-state index in [0.29, 0.717) is 30.5 Å². The van der Waals surface area contributed by atoms with E-state index in [9.17, 15) is 4.79 Å². The molecule has 0 radical (unpaired) electrons. The monoisotopic (exact) mass is 294 g/mol. The van der Waals surface area contributed by atoms with Crippen LogP contribution in [0, 0.1) is 5.92 Å². The van der Waals surface area contributed by atoms with Crippen LogP contribution in [0.3, 0.4) is 0 Å². The molecule has 0 saturated carbocycles. The predicted octanol–water partition coefficient (Wildman–Crippen LogP) is 2.13. The zero-order chi connectivity index (χ0) is 15.8. The summed E-state index contributed by atoms with van der Waals surface area (Å²) in [4.78, 5) is 11.7. The molecule has 5 nitrogen and oxygen atoms in total. The van der Waals surface area contributed by atoms with E-state index >= 15 is 0 Å². The van der Waals surface area contributed by atoms with Crippen LogP contribution < -0.4 is 20.1 Å². The molecule has 0 saturated heterocycles. The highest BCUT2D eigenvalue weighted by Crippen LogP contribution is 2.29. The Morgan fingerprint density at radius 3 is 2.38 bits per heavy atom. The molecule has 0 aliphatic carbocycles. The lowest BCUT2D eigenvalue weighted by Gasteiger charge is -2.16.